The minimum absolute atomic E-state index is 0.0933. The fourth-order valence-corrected chi connectivity index (χ4v) is 8.00. The molecular weight excluding hydrogens is 597 g/mol. The normalized spacial score (nSPS) is 17.3. The van der Waals surface area contributed by atoms with Crippen molar-refractivity contribution in [3.05, 3.63) is 179 Å². The number of aromatic nitrogens is 1. The van der Waals surface area contributed by atoms with Crippen LogP contribution in [-0.2, 0) is 6.42 Å². The molecule has 2 N–H and O–H groups in total. The third-order valence-corrected chi connectivity index (χ3v) is 10.3. The molecule has 1 aromatic heterocycles. The number of aryl methyl sites for hydroxylation is 1. The van der Waals surface area contributed by atoms with Gasteiger partial charge in [-0.1, -0.05) is 140 Å². The molecule has 2 atom stereocenters. The Hall–Kier alpha value is -5.97. The number of benzene rings is 7. The maximum atomic E-state index is 5.34. The lowest BCUT2D eigenvalue weighted by Crippen LogP contribution is -2.45. The van der Waals surface area contributed by atoms with Gasteiger partial charge < -0.3 is 9.88 Å². The summed E-state index contributed by atoms with van der Waals surface area (Å²) in [5.41, 5.74) is 9.71. The van der Waals surface area contributed by atoms with Gasteiger partial charge in [0.1, 0.15) is 18.2 Å². The Morgan fingerprint density at radius 3 is 1.94 bits per heavy atom. The van der Waals surface area contributed by atoms with E-state index in [-0.39, 0.29) is 12.3 Å². The van der Waals surface area contributed by atoms with Crippen LogP contribution in [0.4, 0.5) is 0 Å². The van der Waals surface area contributed by atoms with E-state index in [1.54, 1.807) is 0 Å². The molecule has 2 heterocycles. The van der Waals surface area contributed by atoms with Gasteiger partial charge in [-0.2, -0.15) is 0 Å². The third kappa shape index (κ3) is 4.60. The van der Waals surface area contributed by atoms with Crippen LogP contribution in [-0.4, -0.2) is 10.4 Å². The molecule has 10 rings (SSSR count). The van der Waals surface area contributed by atoms with Crippen LogP contribution >= 0.6 is 0 Å². The number of aliphatic imine (C=N–C) groups is 1. The van der Waals surface area contributed by atoms with Crippen molar-refractivity contribution >= 4 is 55.3 Å². The minimum Gasteiger partial charge on any atom is -0.350 e. The molecule has 0 amide bonds. The summed E-state index contributed by atoms with van der Waals surface area (Å²) in [6.07, 6.45) is 6.35. The summed E-state index contributed by atoms with van der Waals surface area (Å²) in [5, 5.41) is 15.2. The molecule has 1 aliphatic heterocycles. The van der Waals surface area contributed by atoms with Gasteiger partial charge in [0.15, 0.2) is 0 Å². The van der Waals surface area contributed by atoms with E-state index >= 15 is 0 Å². The first-order valence-electron chi connectivity index (χ1n) is 17.2. The lowest BCUT2D eigenvalue weighted by atomic mass is 9.92. The van der Waals surface area contributed by atoms with Crippen molar-refractivity contribution in [1.29, 1.82) is 0 Å². The van der Waals surface area contributed by atoms with E-state index in [4.69, 9.17) is 4.99 Å². The van der Waals surface area contributed by atoms with E-state index in [2.05, 4.69) is 173 Å². The van der Waals surface area contributed by atoms with E-state index in [1.807, 2.05) is 0 Å². The highest BCUT2D eigenvalue weighted by Gasteiger charge is 2.28. The van der Waals surface area contributed by atoms with Crippen LogP contribution in [0.3, 0.4) is 0 Å². The van der Waals surface area contributed by atoms with Crippen LogP contribution in [0, 0.1) is 0 Å². The summed E-state index contributed by atoms with van der Waals surface area (Å²) < 4.78 is 2.51. The minimum atomic E-state index is -0.244. The van der Waals surface area contributed by atoms with Crippen molar-refractivity contribution in [3.63, 3.8) is 0 Å². The second-order valence-corrected chi connectivity index (χ2v) is 13.2. The average Bonchev–Trinajstić information content (AvgIpc) is 3.53. The zero-order chi connectivity index (χ0) is 32.3. The number of amidine groups is 1. The molecule has 2 unspecified atom stereocenters. The predicted octanol–water partition coefficient (Wildman–Crippen LogP) is 10.4. The number of allylic oxidation sites excluding steroid dienone is 1. The van der Waals surface area contributed by atoms with Crippen molar-refractivity contribution < 1.29 is 0 Å². The smallest absolute Gasteiger partial charge is 0.131 e. The van der Waals surface area contributed by atoms with Crippen molar-refractivity contribution in [3.8, 4) is 5.69 Å². The Morgan fingerprint density at radius 2 is 1.24 bits per heavy atom. The maximum absolute atomic E-state index is 5.34. The van der Waals surface area contributed by atoms with Gasteiger partial charge in [0, 0.05) is 21.9 Å². The van der Waals surface area contributed by atoms with Gasteiger partial charge in [0.2, 0.25) is 0 Å². The highest BCUT2D eigenvalue weighted by atomic mass is 15.3. The molecule has 0 fully saturated rings. The first-order chi connectivity index (χ1) is 24.3. The zero-order valence-corrected chi connectivity index (χ0v) is 27.0. The van der Waals surface area contributed by atoms with Gasteiger partial charge in [0.05, 0.1) is 16.7 Å². The van der Waals surface area contributed by atoms with Gasteiger partial charge in [-0.05, 0) is 69.3 Å². The Morgan fingerprint density at radius 1 is 0.612 bits per heavy atom. The fraction of sp³-hybridized carbons (Fsp3) is 0.0889. The highest BCUT2D eigenvalue weighted by Crippen LogP contribution is 2.43. The van der Waals surface area contributed by atoms with Crippen LogP contribution < -0.4 is 10.6 Å². The van der Waals surface area contributed by atoms with Crippen LogP contribution in [0.1, 0.15) is 46.6 Å². The summed E-state index contributed by atoms with van der Waals surface area (Å²) >= 11 is 0. The molecule has 0 spiro atoms. The predicted molar refractivity (Wildman–Crippen MR) is 204 cm³/mol. The van der Waals surface area contributed by atoms with E-state index in [0.717, 1.165) is 29.8 Å². The highest BCUT2D eigenvalue weighted by molar-refractivity contribution is 6.28. The number of nitrogens with zero attached hydrogens (tertiary/aromatic N) is 2. The topological polar surface area (TPSA) is 41.4 Å². The van der Waals surface area contributed by atoms with E-state index in [9.17, 15) is 0 Å². The van der Waals surface area contributed by atoms with Crippen LogP contribution in [0.25, 0.3) is 55.1 Å². The molecule has 0 saturated heterocycles. The lowest BCUT2D eigenvalue weighted by molar-refractivity contribution is 0.408. The Labute approximate surface area is 285 Å². The maximum Gasteiger partial charge on any atom is 0.131 e. The van der Waals surface area contributed by atoms with Crippen molar-refractivity contribution in [1.82, 2.24) is 15.2 Å². The van der Waals surface area contributed by atoms with Crippen molar-refractivity contribution in [2.75, 3.05) is 0 Å². The van der Waals surface area contributed by atoms with E-state index in [0.29, 0.717) is 0 Å². The first-order valence-corrected chi connectivity index (χ1v) is 17.2. The average molecular weight is 631 g/mol. The van der Waals surface area contributed by atoms with E-state index in [1.165, 1.54) is 65.7 Å². The Bertz CT molecular complexity index is 2520. The van der Waals surface area contributed by atoms with Gasteiger partial charge >= 0.3 is 0 Å². The van der Waals surface area contributed by atoms with E-state index < -0.39 is 0 Å². The van der Waals surface area contributed by atoms with Crippen molar-refractivity contribution in [2.45, 2.75) is 25.2 Å². The first kappa shape index (κ1) is 28.1. The fourth-order valence-electron chi connectivity index (χ4n) is 8.00. The molecule has 234 valence electrons. The summed E-state index contributed by atoms with van der Waals surface area (Å²) in [6, 6.07) is 52.6. The Balaban J connectivity index is 1.25. The van der Waals surface area contributed by atoms with Gasteiger partial charge in [-0.25, -0.2) is 4.99 Å². The van der Waals surface area contributed by atoms with Crippen LogP contribution in [0.5, 0.6) is 0 Å². The Kier molecular flexibility index (Phi) is 6.49. The summed E-state index contributed by atoms with van der Waals surface area (Å²) in [7, 11) is 0. The largest absolute Gasteiger partial charge is 0.350 e. The molecule has 0 bridgehead atoms. The molecule has 4 heteroatoms. The molecule has 0 radical (unpaired) electrons. The zero-order valence-electron chi connectivity index (χ0n) is 27.0. The molecule has 0 saturated carbocycles. The van der Waals surface area contributed by atoms with Crippen molar-refractivity contribution in [2.24, 2.45) is 4.99 Å². The standard InChI is InChI=1S/C45H34N4/c1-3-15-31(16-4-1)43-46-44(32-17-5-2-6-18-32)48-45(47-43)34-27-33-19-9-10-20-35(33)40(28-34)49-38-25-23-29-13-7-11-21-36(29)41(38)42-37-22-12-8-14-30(37)24-26-39(42)49/h1-8,10-18,20-28,43,45,47H,9,19H2,(H,46,48). The number of nitrogens with one attached hydrogen (secondary N) is 2. The lowest BCUT2D eigenvalue weighted by Gasteiger charge is -2.33. The summed E-state index contributed by atoms with van der Waals surface area (Å²) in [5.74, 6) is 0.896. The third-order valence-electron chi connectivity index (χ3n) is 10.3. The number of fused-ring (bicyclic) bond motifs is 8. The molecule has 1 aliphatic carbocycles. The molecule has 2 aliphatic rings. The second kappa shape index (κ2) is 11.3. The monoisotopic (exact) mass is 630 g/mol. The number of rotatable bonds is 4. The molecule has 4 nitrogen and oxygen atoms in total. The van der Waals surface area contributed by atoms with Crippen LogP contribution in [0.2, 0.25) is 0 Å². The van der Waals surface area contributed by atoms with Crippen LogP contribution in [0.15, 0.2) is 157 Å². The summed E-state index contributed by atoms with van der Waals surface area (Å²) in [4.78, 5) is 5.34. The number of hydrogen-bond donors (Lipinski definition) is 2. The molecular formula is C45H34N4. The quantitative estimate of drug-likeness (QED) is 0.203. The van der Waals surface area contributed by atoms with Gasteiger partial charge in [-0.15, -0.1) is 0 Å². The van der Waals surface area contributed by atoms with Gasteiger partial charge in [-0.3, -0.25) is 5.32 Å². The molecule has 7 aromatic carbocycles. The SMILES string of the molecule is C1=Cc2c(cc(C3N=C(c4ccccc4)NC(c4ccccc4)N3)cc2-n2c3ccc4ccccc4c3c3c4ccccc4ccc32)CC1. The molecule has 49 heavy (non-hydrogen) atoms. The molecule has 8 aromatic rings. The second-order valence-electron chi connectivity index (χ2n) is 13.2. The van der Waals surface area contributed by atoms with Gasteiger partial charge in [0.25, 0.3) is 0 Å². The number of hydrogen-bond acceptors (Lipinski definition) is 3. The summed E-state index contributed by atoms with van der Waals surface area (Å²) in [6.45, 7) is 0.